The molecule has 0 saturated carbocycles. The van der Waals surface area contributed by atoms with Crippen molar-refractivity contribution in [3.05, 3.63) is 65.7 Å². The lowest BCUT2D eigenvalue weighted by Gasteiger charge is -2.12. The van der Waals surface area contributed by atoms with Crippen LogP contribution in [0.5, 0.6) is 0 Å². The van der Waals surface area contributed by atoms with Gasteiger partial charge in [-0.2, -0.15) is 0 Å². The number of hydrogen-bond acceptors (Lipinski definition) is 3. The van der Waals surface area contributed by atoms with Gasteiger partial charge in [-0.05, 0) is 43.7 Å². The van der Waals surface area contributed by atoms with Gasteiger partial charge in [-0.3, -0.25) is 4.79 Å². The Balaban J connectivity index is 2.01. The minimum absolute atomic E-state index is 0.0879. The molecular weight excluding hydrogens is 278 g/mol. The third kappa shape index (κ3) is 3.95. The van der Waals surface area contributed by atoms with Crippen LogP contribution in [0.3, 0.4) is 0 Å². The Morgan fingerprint density at radius 1 is 1.05 bits per heavy atom. The predicted molar refractivity (Wildman–Crippen MR) is 85.9 cm³/mol. The van der Waals surface area contributed by atoms with Crippen LogP contribution in [-0.4, -0.2) is 18.5 Å². The second kappa shape index (κ2) is 7.41. The Bertz CT molecular complexity index is 635. The first-order valence-corrected chi connectivity index (χ1v) is 7.24. The fraction of sp³-hybridized carbons (Fsp3) is 0.222. The Morgan fingerprint density at radius 3 is 2.27 bits per heavy atom. The van der Waals surface area contributed by atoms with E-state index in [2.05, 4.69) is 5.32 Å². The van der Waals surface area contributed by atoms with Gasteiger partial charge in [0.2, 0.25) is 5.91 Å². The van der Waals surface area contributed by atoms with Crippen molar-refractivity contribution < 1.29 is 14.3 Å². The lowest BCUT2D eigenvalue weighted by atomic mass is 10.0. The Labute approximate surface area is 130 Å². The van der Waals surface area contributed by atoms with Crippen LogP contribution in [0.15, 0.2) is 54.6 Å². The molecule has 4 nitrogen and oxygen atoms in total. The summed E-state index contributed by atoms with van der Waals surface area (Å²) in [5, 5.41) is 2.85. The molecule has 2 aromatic carbocycles. The van der Waals surface area contributed by atoms with Crippen LogP contribution >= 0.6 is 0 Å². The molecule has 0 aliphatic rings. The zero-order valence-electron chi connectivity index (χ0n) is 12.7. The number of esters is 1. The number of rotatable bonds is 5. The van der Waals surface area contributed by atoms with Crippen LogP contribution in [0.4, 0.5) is 5.69 Å². The first-order valence-electron chi connectivity index (χ1n) is 7.24. The van der Waals surface area contributed by atoms with Gasteiger partial charge in [-0.25, -0.2) is 4.79 Å². The van der Waals surface area contributed by atoms with Crippen molar-refractivity contribution in [2.75, 3.05) is 11.9 Å². The molecule has 1 atom stereocenters. The van der Waals surface area contributed by atoms with Crippen molar-refractivity contribution in [3.63, 3.8) is 0 Å². The summed E-state index contributed by atoms with van der Waals surface area (Å²) in [6, 6.07) is 16.3. The molecule has 114 valence electrons. The highest BCUT2D eigenvalue weighted by Gasteiger charge is 2.15. The lowest BCUT2D eigenvalue weighted by Crippen LogP contribution is -2.18. The second-order valence-corrected chi connectivity index (χ2v) is 4.92. The molecule has 0 fully saturated rings. The molecule has 0 aromatic heterocycles. The molecule has 0 bridgehead atoms. The highest BCUT2D eigenvalue weighted by atomic mass is 16.5. The monoisotopic (exact) mass is 297 g/mol. The fourth-order valence-electron chi connectivity index (χ4n) is 2.05. The van der Waals surface area contributed by atoms with Crippen molar-refractivity contribution in [3.8, 4) is 0 Å². The van der Waals surface area contributed by atoms with E-state index in [-0.39, 0.29) is 17.8 Å². The van der Waals surface area contributed by atoms with Crippen LogP contribution < -0.4 is 5.32 Å². The SMILES string of the molecule is CCOC(=O)c1ccc(NC(=O)[C@@H](C)c2ccccc2)cc1. The van der Waals surface area contributed by atoms with Crippen molar-refractivity contribution in [1.29, 1.82) is 0 Å². The first-order chi connectivity index (χ1) is 10.6. The van der Waals surface area contributed by atoms with E-state index >= 15 is 0 Å². The molecule has 2 rings (SSSR count). The molecule has 1 amide bonds. The summed E-state index contributed by atoms with van der Waals surface area (Å²) in [6.45, 7) is 3.96. The number of anilines is 1. The van der Waals surface area contributed by atoms with E-state index in [9.17, 15) is 9.59 Å². The van der Waals surface area contributed by atoms with Gasteiger partial charge >= 0.3 is 5.97 Å². The predicted octanol–water partition coefficient (Wildman–Crippen LogP) is 3.61. The summed E-state index contributed by atoms with van der Waals surface area (Å²) in [5.74, 6) is -0.695. The molecule has 0 aliphatic heterocycles. The molecule has 0 unspecified atom stereocenters. The molecule has 22 heavy (non-hydrogen) atoms. The minimum Gasteiger partial charge on any atom is -0.462 e. The zero-order valence-corrected chi connectivity index (χ0v) is 12.7. The topological polar surface area (TPSA) is 55.4 Å². The molecule has 0 saturated heterocycles. The van der Waals surface area contributed by atoms with Crippen molar-refractivity contribution in [1.82, 2.24) is 0 Å². The summed E-state index contributed by atoms with van der Waals surface area (Å²) in [7, 11) is 0. The maximum absolute atomic E-state index is 12.2. The van der Waals surface area contributed by atoms with Crippen LogP contribution in [0.2, 0.25) is 0 Å². The third-order valence-electron chi connectivity index (χ3n) is 3.36. The van der Waals surface area contributed by atoms with E-state index in [0.717, 1.165) is 5.56 Å². The molecule has 2 aromatic rings. The van der Waals surface area contributed by atoms with Crippen LogP contribution in [0, 0.1) is 0 Å². The maximum Gasteiger partial charge on any atom is 0.338 e. The number of nitrogens with one attached hydrogen (secondary N) is 1. The van der Waals surface area contributed by atoms with E-state index in [1.165, 1.54) is 0 Å². The van der Waals surface area contributed by atoms with Gasteiger partial charge in [-0.15, -0.1) is 0 Å². The van der Waals surface area contributed by atoms with Gasteiger partial charge in [0.05, 0.1) is 18.1 Å². The number of carbonyl (C=O) groups is 2. The number of amides is 1. The summed E-state index contributed by atoms with van der Waals surface area (Å²) in [5.41, 5.74) is 2.08. The van der Waals surface area contributed by atoms with Crippen LogP contribution in [0.1, 0.15) is 35.7 Å². The Hall–Kier alpha value is -2.62. The number of hydrogen-bond donors (Lipinski definition) is 1. The first kappa shape index (κ1) is 15.8. The van der Waals surface area contributed by atoms with Crippen LogP contribution in [0.25, 0.3) is 0 Å². The fourth-order valence-corrected chi connectivity index (χ4v) is 2.05. The summed E-state index contributed by atoms with van der Waals surface area (Å²) < 4.78 is 4.92. The number of ether oxygens (including phenoxy) is 1. The Morgan fingerprint density at radius 2 is 1.68 bits per heavy atom. The van der Waals surface area contributed by atoms with Crippen molar-refractivity contribution >= 4 is 17.6 Å². The molecule has 0 aliphatic carbocycles. The van der Waals surface area contributed by atoms with E-state index in [0.29, 0.717) is 17.9 Å². The number of carbonyl (C=O) groups excluding carboxylic acids is 2. The molecule has 0 spiro atoms. The van der Waals surface area contributed by atoms with E-state index in [4.69, 9.17) is 4.74 Å². The maximum atomic E-state index is 12.2. The minimum atomic E-state index is -0.363. The Kier molecular flexibility index (Phi) is 5.31. The highest BCUT2D eigenvalue weighted by Crippen LogP contribution is 2.18. The normalized spacial score (nSPS) is 11.5. The largest absolute Gasteiger partial charge is 0.462 e. The average Bonchev–Trinajstić information content (AvgIpc) is 2.55. The van der Waals surface area contributed by atoms with Crippen LogP contribution in [-0.2, 0) is 9.53 Å². The standard InChI is InChI=1S/C18H19NO3/c1-3-22-18(21)15-9-11-16(12-10-15)19-17(20)13(2)14-7-5-4-6-8-14/h4-13H,3H2,1-2H3,(H,19,20)/t13-/m0/s1. The molecule has 0 radical (unpaired) electrons. The van der Waals surface area contributed by atoms with E-state index in [1.54, 1.807) is 31.2 Å². The smallest absolute Gasteiger partial charge is 0.338 e. The number of benzene rings is 2. The van der Waals surface area contributed by atoms with E-state index < -0.39 is 0 Å². The molecule has 1 N–H and O–H groups in total. The second-order valence-electron chi connectivity index (χ2n) is 4.92. The summed E-state index contributed by atoms with van der Waals surface area (Å²) >= 11 is 0. The summed E-state index contributed by atoms with van der Waals surface area (Å²) in [4.78, 5) is 23.8. The van der Waals surface area contributed by atoms with Gasteiger partial charge in [0, 0.05) is 5.69 Å². The van der Waals surface area contributed by atoms with Gasteiger partial charge in [0.1, 0.15) is 0 Å². The third-order valence-corrected chi connectivity index (χ3v) is 3.36. The van der Waals surface area contributed by atoms with Crippen molar-refractivity contribution in [2.24, 2.45) is 0 Å². The van der Waals surface area contributed by atoms with Crippen molar-refractivity contribution in [2.45, 2.75) is 19.8 Å². The zero-order chi connectivity index (χ0) is 15.9. The summed E-state index contributed by atoms with van der Waals surface area (Å²) in [6.07, 6.45) is 0. The highest BCUT2D eigenvalue weighted by molar-refractivity contribution is 5.96. The lowest BCUT2D eigenvalue weighted by molar-refractivity contribution is -0.117. The van der Waals surface area contributed by atoms with Gasteiger partial charge in [0.25, 0.3) is 0 Å². The quantitative estimate of drug-likeness (QED) is 0.858. The van der Waals surface area contributed by atoms with E-state index in [1.807, 2.05) is 37.3 Å². The van der Waals surface area contributed by atoms with Gasteiger partial charge < -0.3 is 10.1 Å². The molecular formula is C18H19NO3. The molecule has 0 heterocycles. The molecule has 4 heteroatoms. The average molecular weight is 297 g/mol. The van der Waals surface area contributed by atoms with Gasteiger partial charge in [0.15, 0.2) is 0 Å². The van der Waals surface area contributed by atoms with Gasteiger partial charge in [-0.1, -0.05) is 30.3 Å².